The van der Waals surface area contributed by atoms with Crippen molar-refractivity contribution in [1.29, 1.82) is 0 Å². The zero-order valence-electron chi connectivity index (χ0n) is 14.3. The third kappa shape index (κ3) is 3.81. The van der Waals surface area contributed by atoms with Crippen molar-refractivity contribution >= 4 is 17.2 Å². The molecule has 1 fully saturated rings. The van der Waals surface area contributed by atoms with Crippen molar-refractivity contribution in [3.05, 3.63) is 71.1 Å². The van der Waals surface area contributed by atoms with Gasteiger partial charge >= 0.3 is 0 Å². The van der Waals surface area contributed by atoms with E-state index in [1.807, 2.05) is 18.2 Å². The van der Waals surface area contributed by atoms with Gasteiger partial charge in [0, 0.05) is 22.1 Å². The number of rotatable bonds is 5. The summed E-state index contributed by atoms with van der Waals surface area (Å²) in [7, 11) is 0. The lowest BCUT2D eigenvalue weighted by atomic mass is 10.2. The zero-order valence-corrected chi connectivity index (χ0v) is 15.1. The molecule has 0 aliphatic carbocycles. The molecule has 1 amide bonds. The Hall–Kier alpha value is -2.57. The molecule has 1 atom stereocenters. The van der Waals surface area contributed by atoms with Crippen molar-refractivity contribution in [2.45, 2.75) is 25.4 Å². The summed E-state index contributed by atoms with van der Waals surface area (Å²) in [5.74, 6) is 0.621. The predicted molar refractivity (Wildman–Crippen MR) is 103 cm³/mol. The average Bonchev–Trinajstić information content (AvgIpc) is 3.39. The van der Waals surface area contributed by atoms with E-state index in [1.54, 1.807) is 23.7 Å². The largest absolute Gasteiger partial charge is 0.347 e. The van der Waals surface area contributed by atoms with E-state index in [9.17, 15) is 4.79 Å². The first-order valence-corrected chi connectivity index (χ1v) is 9.59. The molecule has 1 aromatic carbocycles. The zero-order chi connectivity index (χ0) is 17.8. The van der Waals surface area contributed by atoms with E-state index in [0.29, 0.717) is 12.1 Å². The Balaban J connectivity index is 1.36. The van der Waals surface area contributed by atoms with Crippen molar-refractivity contribution in [2.24, 2.45) is 0 Å². The van der Waals surface area contributed by atoms with Crippen LogP contribution in [0, 0.1) is 0 Å². The molecular formula is C20H20N4OS. The van der Waals surface area contributed by atoms with Gasteiger partial charge in [-0.1, -0.05) is 30.3 Å². The van der Waals surface area contributed by atoms with Gasteiger partial charge < -0.3 is 10.6 Å². The number of benzene rings is 1. The summed E-state index contributed by atoms with van der Waals surface area (Å²) >= 11 is 1.69. The van der Waals surface area contributed by atoms with Crippen LogP contribution < -0.4 is 10.6 Å². The van der Waals surface area contributed by atoms with Crippen LogP contribution in [0.3, 0.4) is 0 Å². The highest BCUT2D eigenvalue weighted by Crippen LogP contribution is 2.27. The molecule has 5 nitrogen and oxygen atoms in total. The van der Waals surface area contributed by atoms with E-state index in [0.717, 1.165) is 30.1 Å². The van der Waals surface area contributed by atoms with Gasteiger partial charge in [-0.15, -0.1) is 11.3 Å². The molecule has 26 heavy (non-hydrogen) atoms. The minimum Gasteiger partial charge on any atom is -0.347 e. The quantitative estimate of drug-likeness (QED) is 0.726. The Kier molecular flexibility index (Phi) is 5.04. The maximum Gasteiger partial charge on any atom is 0.254 e. The second-order valence-corrected chi connectivity index (χ2v) is 7.46. The summed E-state index contributed by atoms with van der Waals surface area (Å²) < 4.78 is 0. The monoisotopic (exact) mass is 364 g/mol. The molecule has 3 aromatic rings. The molecule has 0 bridgehead atoms. The Morgan fingerprint density at radius 3 is 2.69 bits per heavy atom. The van der Waals surface area contributed by atoms with Crippen LogP contribution >= 0.6 is 11.3 Å². The summed E-state index contributed by atoms with van der Waals surface area (Å²) in [6, 6.07) is 14.6. The minimum atomic E-state index is -0.148. The molecule has 132 valence electrons. The second kappa shape index (κ2) is 7.76. The predicted octanol–water partition coefficient (Wildman–Crippen LogP) is 3.56. The van der Waals surface area contributed by atoms with E-state index in [2.05, 4.69) is 44.9 Å². The smallest absolute Gasteiger partial charge is 0.254 e. The number of hydrogen-bond acceptors (Lipinski definition) is 5. The van der Waals surface area contributed by atoms with E-state index < -0.39 is 0 Å². The molecule has 1 aliphatic heterocycles. The minimum absolute atomic E-state index is 0.148. The molecule has 0 radical (unpaired) electrons. The molecule has 1 aliphatic rings. The lowest BCUT2D eigenvalue weighted by Gasteiger charge is -2.09. The third-order valence-corrected chi connectivity index (χ3v) is 5.58. The Morgan fingerprint density at radius 2 is 1.96 bits per heavy atom. The number of aromatic nitrogens is 2. The summed E-state index contributed by atoms with van der Waals surface area (Å²) in [5, 5.41) is 6.30. The highest BCUT2D eigenvalue weighted by Gasteiger charge is 2.19. The van der Waals surface area contributed by atoms with Crippen LogP contribution in [0.5, 0.6) is 0 Å². The highest BCUT2D eigenvalue weighted by molar-refractivity contribution is 7.15. The fourth-order valence-electron chi connectivity index (χ4n) is 3.04. The van der Waals surface area contributed by atoms with Gasteiger partial charge in [-0.25, -0.2) is 9.97 Å². The van der Waals surface area contributed by atoms with Crippen LogP contribution in [0.15, 0.2) is 54.9 Å². The van der Waals surface area contributed by atoms with Gasteiger partial charge in [-0.05, 0) is 37.1 Å². The van der Waals surface area contributed by atoms with Crippen molar-refractivity contribution in [2.75, 3.05) is 6.54 Å². The maximum absolute atomic E-state index is 12.3. The van der Waals surface area contributed by atoms with Gasteiger partial charge in [-0.3, -0.25) is 4.79 Å². The van der Waals surface area contributed by atoms with Gasteiger partial charge in [0.25, 0.3) is 5.91 Å². The molecule has 4 rings (SSSR count). The van der Waals surface area contributed by atoms with Gasteiger partial charge in [-0.2, -0.15) is 0 Å². The van der Waals surface area contributed by atoms with Gasteiger partial charge in [0.05, 0.1) is 18.2 Å². The fourth-order valence-corrected chi connectivity index (χ4v) is 3.99. The van der Waals surface area contributed by atoms with Gasteiger partial charge in [0.1, 0.15) is 5.82 Å². The third-order valence-electron chi connectivity index (χ3n) is 4.45. The maximum atomic E-state index is 12.3. The van der Waals surface area contributed by atoms with E-state index in [1.165, 1.54) is 10.4 Å². The number of hydrogen-bond donors (Lipinski definition) is 2. The molecule has 2 N–H and O–H groups in total. The Bertz CT molecular complexity index is 870. The lowest BCUT2D eigenvalue weighted by molar-refractivity contribution is 0.0950. The molecule has 2 aromatic heterocycles. The molecular weight excluding hydrogens is 344 g/mol. The average molecular weight is 364 g/mol. The first-order chi connectivity index (χ1) is 12.8. The topological polar surface area (TPSA) is 66.9 Å². The van der Waals surface area contributed by atoms with Crippen molar-refractivity contribution in [3.63, 3.8) is 0 Å². The number of carbonyl (C=O) groups excluding carboxylic acids is 1. The number of thiophene rings is 1. The van der Waals surface area contributed by atoms with E-state index >= 15 is 0 Å². The summed E-state index contributed by atoms with van der Waals surface area (Å²) in [6.07, 6.45) is 5.42. The number of nitrogens with zero attached hydrogens (tertiary/aromatic N) is 2. The molecule has 0 spiro atoms. The first-order valence-electron chi connectivity index (χ1n) is 8.77. The van der Waals surface area contributed by atoms with Crippen molar-refractivity contribution in [3.8, 4) is 10.4 Å². The van der Waals surface area contributed by atoms with Crippen LogP contribution in [0.4, 0.5) is 0 Å². The first kappa shape index (κ1) is 16.9. The van der Waals surface area contributed by atoms with Crippen LogP contribution in [0.2, 0.25) is 0 Å². The second-order valence-electron chi connectivity index (χ2n) is 6.29. The standard InChI is InChI=1S/C20H20N4OS/c25-20(15-11-22-19(23-12-15)17-7-4-10-21-17)24-13-16-8-9-18(26-16)14-5-2-1-3-6-14/h1-3,5-6,8-9,11-12,17,21H,4,7,10,13H2,(H,24,25). The van der Waals surface area contributed by atoms with Crippen LogP contribution in [-0.4, -0.2) is 22.4 Å². The lowest BCUT2D eigenvalue weighted by Crippen LogP contribution is -2.23. The van der Waals surface area contributed by atoms with Gasteiger partial charge in [0.15, 0.2) is 0 Å². The van der Waals surface area contributed by atoms with Gasteiger partial charge in [0.2, 0.25) is 0 Å². The molecule has 3 heterocycles. The SMILES string of the molecule is O=C(NCc1ccc(-c2ccccc2)s1)c1cnc(C2CCCN2)nc1. The number of nitrogens with one attached hydrogen (secondary N) is 2. The van der Waals surface area contributed by atoms with Crippen molar-refractivity contribution in [1.82, 2.24) is 20.6 Å². The highest BCUT2D eigenvalue weighted by atomic mass is 32.1. The van der Waals surface area contributed by atoms with Crippen LogP contribution in [0.1, 0.15) is 39.9 Å². The number of carbonyl (C=O) groups is 1. The molecule has 6 heteroatoms. The summed E-state index contributed by atoms with van der Waals surface area (Å²) in [5.41, 5.74) is 1.69. The van der Waals surface area contributed by atoms with Crippen LogP contribution in [-0.2, 0) is 6.54 Å². The summed E-state index contributed by atoms with van der Waals surface area (Å²) in [6.45, 7) is 1.50. The normalized spacial score (nSPS) is 16.5. The Morgan fingerprint density at radius 1 is 1.15 bits per heavy atom. The van der Waals surface area contributed by atoms with Crippen molar-refractivity contribution < 1.29 is 4.79 Å². The Labute approximate surface area is 156 Å². The van der Waals surface area contributed by atoms with E-state index in [4.69, 9.17) is 0 Å². The molecule has 0 saturated carbocycles. The molecule has 1 saturated heterocycles. The fraction of sp³-hybridized carbons (Fsp3) is 0.250. The van der Waals surface area contributed by atoms with Crippen LogP contribution in [0.25, 0.3) is 10.4 Å². The molecule has 1 unspecified atom stereocenters. The number of amides is 1. The summed E-state index contributed by atoms with van der Waals surface area (Å²) in [4.78, 5) is 23.3. The van der Waals surface area contributed by atoms with E-state index in [-0.39, 0.29) is 11.9 Å².